The van der Waals surface area contributed by atoms with Gasteiger partial charge in [0.2, 0.25) is 0 Å². The van der Waals surface area contributed by atoms with Gasteiger partial charge < -0.3 is 0 Å². The van der Waals surface area contributed by atoms with Gasteiger partial charge in [-0.25, -0.2) is 0 Å². The SMILES string of the molecule is CC1Cc2ccc([AsH2])cc2CN1. The Kier molecular flexibility index (Phi) is 2.25. The molecule has 2 rings (SSSR count). The summed E-state index contributed by atoms with van der Waals surface area (Å²) in [6, 6.07) is 7.47. The van der Waals surface area contributed by atoms with Crippen LogP contribution in [-0.2, 0) is 13.0 Å². The van der Waals surface area contributed by atoms with Crippen LogP contribution in [0.1, 0.15) is 18.1 Å². The van der Waals surface area contributed by atoms with E-state index in [0.717, 1.165) is 6.54 Å². The molecule has 0 amide bonds. The molecule has 0 bridgehead atoms. The molecule has 0 spiro atoms. The summed E-state index contributed by atoms with van der Waals surface area (Å²) in [6.45, 7) is 3.29. The van der Waals surface area contributed by atoms with E-state index in [9.17, 15) is 0 Å². The molecule has 1 nitrogen and oxygen atoms in total. The molecule has 2 heteroatoms. The van der Waals surface area contributed by atoms with E-state index in [0.29, 0.717) is 6.04 Å². The van der Waals surface area contributed by atoms with E-state index >= 15 is 0 Å². The zero-order valence-corrected chi connectivity index (χ0v) is 9.72. The van der Waals surface area contributed by atoms with Crippen LogP contribution in [0.3, 0.4) is 0 Å². The van der Waals surface area contributed by atoms with Crippen molar-refractivity contribution in [2.24, 2.45) is 0 Å². The summed E-state index contributed by atoms with van der Waals surface area (Å²) >= 11 is 1.71. The van der Waals surface area contributed by atoms with E-state index in [2.05, 4.69) is 30.4 Å². The van der Waals surface area contributed by atoms with Crippen molar-refractivity contribution in [3.05, 3.63) is 29.3 Å². The van der Waals surface area contributed by atoms with Gasteiger partial charge in [0, 0.05) is 0 Å². The molecule has 2 atom stereocenters. The molecule has 0 saturated carbocycles. The Bertz CT molecular complexity index is 296. The molecule has 1 aromatic rings. The Labute approximate surface area is 82.1 Å². The fourth-order valence-corrected chi connectivity index (χ4v) is 2.32. The second-order valence-electron chi connectivity index (χ2n) is 3.51. The first-order valence-corrected chi connectivity index (χ1v) is 5.57. The van der Waals surface area contributed by atoms with Gasteiger partial charge in [0.15, 0.2) is 0 Å². The van der Waals surface area contributed by atoms with Crippen molar-refractivity contribution in [2.75, 3.05) is 0 Å². The second kappa shape index (κ2) is 3.24. The molecule has 1 aliphatic rings. The van der Waals surface area contributed by atoms with Gasteiger partial charge in [0.1, 0.15) is 0 Å². The van der Waals surface area contributed by atoms with Crippen LogP contribution < -0.4 is 9.67 Å². The number of rotatable bonds is 0. The molecule has 0 saturated heterocycles. The molecule has 1 N–H and O–H groups in total. The molecule has 1 aromatic carbocycles. The van der Waals surface area contributed by atoms with Gasteiger partial charge in [-0.05, 0) is 0 Å². The summed E-state index contributed by atoms with van der Waals surface area (Å²) in [7, 11) is 0. The molecular formula is C10H14AsN. The molecule has 1 aliphatic heterocycles. The van der Waals surface area contributed by atoms with Gasteiger partial charge in [-0.15, -0.1) is 0 Å². The topological polar surface area (TPSA) is 12.0 Å². The fourth-order valence-electron chi connectivity index (χ4n) is 1.70. The summed E-state index contributed by atoms with van der Waals surface area (Å²) in [6.07, 6.45) is 1.18. The van der Waals surface area contributed by atoms with Crippen LogP contribution in [0.4, 0.5) is 0 Å². The third kappa shape index (κ3) is 1.57. The standard InChI is InChI=1S/C10H14AsN/c1-7-4-8-2-3-10(11)5-9(8)6-12-7/h2-3,5,7,12H,4,6,11H2,1H3. The van der Waals surface area contributed by atoms with Crippen molar-refractivity contribution in [3.8, 4) is 0 Å². The third-order valence-corrected chi connectivity index (χ3v) is 3.15. The monoisotopic (exact) mass is 223 g/mol. The quantitative estimate of drug-likeness (QED) is 0.609. The number of hydrogen-bond donors (Lipinski definition) is 1. The predicted molar refractivity (Wildman–Crippen MR) is 54.6 cm³/mol. The van der Waals surface area contributed by atoms with E-state index in [1.54, 1.807) is 16.9 Å². The molecule has 64 valence electrons. The number of fused-ring (bicyclic) bond motifs is 1. The van der Waals surface area contributed by atoms with Crippen LogP contribution in [0.2, 0.25) is 0 Å². The number of hydrogen-bond acceptors (Lipinski definition) is 1. The summed E-state index contributed by atoms with van der Waals surface area (Å²) < 4.78 is 1.43. The van der Waals surface area contributed by atoms with Gasteiger partial charge in [-0.1, -0.05) is 0 Å². The van der Waals surface area contributed by atoms with Crippen LogP contribution in [0.25, 0.3) is 0 Å². The zero-order valence-electron chi connectivity index (χ0n) is 7.30. The minimum absolute atomic E-state index is 0.644. The Morgan fingerprint density at radius 2 is 2.25 bits per heavy atom. The molecular weight excluding hydrogens is 209 g/mol. The first-order valence-electron chi connectivity index (χ1n) is 4.36. The van der Waals surface area contributed by atoms with Gasteiger partial charge in [-0.2, -0.15) is 0 Å². The first kappa shape index (κ1) is 8.34. The second-order valence-corrected chi connectivity index (χ2v) is 4.91. The molecule has 0 aromatic heterocycles. The molecule has 0 aliphatic carbocycles. The van der Waals surface area contributed by atoms with Crippen LogP contribution in [0.5, 0.6) is 0 Å². The van der Waals surface area contributed by atoms with Crippen molar-refractivity contribution < 1.29 is 0 Å². The van der Waals surface area contributed by atoms with Gasteiger partial charge >= 0.3 is 81.8 Å². The van der Waals surface area contributed by atoms with Crippen molar-refractivity contribution in [3.63, 3.8) is 0 Å². The fraction of sp³-hybridized carbons (Fsp3) is 0.400. The predicted octanol–water partition coefficient (Wildman–Crippen LogP) is -0.0208. The van der Waals surface area contributed by atoms with Gasteiger partial charge in [0.25, 0.3) is 0 Å². The van der Waals surface area contributed by atoms with E-state index in [-0.39, 0.29) is 0 Å². The zero-order chi connectivity index (χ0) is 8.55. The normalized spacial score (nSPS) is 22.0. The summed E-state index contributed by atoms with van der Waals surface area (Å²) in [5.74, 6) is 0. The molecule has 0 radical (unpaired) electrons. The molecule has 12 heavy (non-hydrogen) atoms. The van der Waals surface area contributed by atoms with E-state index in [4.69, 9.17) is 0 Å². The summed E-state index contributed by atoms with van der Waals surface area (Å²) in [5, 5.41) is 3.47. The number of nitrogens with one attached hydrogen (secondary N) is 1. The Morgan fingerprint density at radius 1 is 1.42 bits per heavy atom. The van der Waals surface area contributed by atoms with E-state index in [1.807, 2.05) is 0 Å². The Balaban J connectivity index is 2.37. The molecule has 0 fully saturated rings. The van der Waals surface area contributed by atoms with Gasteiger partial charge in [-0.3, -0.25) is 0 Å². The maximum atomic E-state index is 3.47. The molecule has 2 unspecified atom stereocenters. The van der Waals surface area contributed by atoms with Crippen molar-refractivity contribution in [1.29, 1.82) is 0 Å². The van der Waals surface area contributed by atoms with E-state index in [1.165, 1.54) is 21.9 Å². The minimum atomic E-state index is 0.644. The van der Waals surface area contributed by atoms with Crippen LogP contribution in [0, 0.1) is 0 Å². The average molecular weight is 223 g/mol. The molecule has 1 heterocycles. The van der Waals surface area contributed by atoms with Crippen LogP contribution >= 0.6 is 0 Å². The number of benzene rings is 1. The Hall–Kier alpha value is -0.262. The summed E-state index contributed by atoms with van der Waals surface area (Å²) in [4.78, 5) is 0. The van der Waals surface area contributed by atoms with Crippen molar-refractivity contribution >= 4 is 21.2 Å². The van der Waals surface area contributed by atoms with Crippen LogP contribution in [0.15, 0.2) is 18.2 Å². The van der Waals surface area contributed by atoms with Crippen molar-refractivity contribution in [1.82, 2.24) is 5.32 Å². The van der Waals surface area contributed by atoms with Crippen LogP contribution in [-0.4, -0.2) is 22.9 Å². The third-order valence-electron chi connectivity index (χ3n) is 2.40. The van der Waals surface area contributed by atoms with Gasteiger partial charge in [0.05, 0.1) is 0 Å². The maximum absolute atomic E-state index is 3.47. The average Bonchev–Trinajstić information content (AvgIpc) is 2.05. The van der Waals surface area contributed by atoms with E-state index < -0.39 is 0 Å². The summed E-state index contributed by atoms with van der Waals surface area (Å²) in [5.41, 5.74) is 3.03. The van der Waals surface area contributed by atoms with Crippen molar-refractivity contribution in [2.45, 2.75) is 25.9 Å². The Morgan fingerprint density at radius 3 is 3.08 bits per heavy atom. The first-order chi connectivity index (χ1) is 5.75.